The first-order valence-corrected chi connectivity index (χ1v) is 14.2. The zero-order valence-corrected chi connectivity index (χ0v) is 23.8. The molecule has 1 N–H and O–H groups in total. The van der Waals surface area contributed by atoms with E-state index in [9.17, 15) is 14.4 Å². The predicted molar refractivity (Wildman–Crippen MR) is 159 cm³/mol. The molecule has 6 rings (SSSR count). The Morgan fingerprint density at radius 1 is 0.905 bits per heavy atom. The van der Waals surface area contributed by atoms with Gasteiger partial charge in [0.2, 0.25) is 11.8 Å². The number of carbonyl (C=O) groups is 3. The Balaban J connectivity index is 1.37. The number of nitrogens with zero attached hydrogens (tertiary/aromatic N) is 5. The smallest absolute Gasteiger partial charge is 0.333 e. The maximum absolute atomic E-state index is 14.3. The fraction of sp³-hybridized carbons (Fsp3) is 0.273. The highest BCUT2D eigenvalue weighted by Crippen LogP contribution is 2.33. The molecule has 9 nitrogen and oxygen atoms in total. The number of hydrazine groups is 1. The molecule has 0 aliphatic carbocycles. The van der Waals surface area contributed by atoms with Crippen LogP contribution >= 0.6 is 0 Å². The van der Waals surface area contributed by atoms with Crippen LogP contribution in [0.25, 0.3) is 10.9 Å². The summed E-state index contributed by atoms with van der Waals surface area (Å²) in [6.07, 6.45) is 1.41. The van der Waals surface area contributed by atoms with Crippen molar-refractivity contribution in [1.29, 1.82) is 0 Å². The van der Waals surface area contributed by atoms with Crippen molar-refractivity contribution in [1.82, 2.24) is 30.1 Å². The zero-order valence-electron chi connectivity index (χ0n) is 23.8. The molecule has 214 valence electrons. The number of fused-ring (bicyclic) bond motifs is 2. The lowest BCUT2D eigenvalue weighted by Gasteiger charge is -2.57. The first-order chi connectivity index (χ1) is 20.4. The predicted octanol–water partition coefficient (Wildman–Crippen LogP) is 3.80. The van der Waals surface area contributed by atoms with Crippen molar-refractivity contribution in [3.05, 3.63) is 114 Å². The molecule has 0 saturated carbocycles. The van der Waals surface area contributed by atoms with Gasteiger partial charge in [0.05, 0.1) is 18.1 Å². The summed E-state index contributed by atoms with van der Waals surface area (Å²) in [5.41, 5.74) is 3.66. The maximum atomic E-state index is 14.3. The molecule has 2 saturated heterocycles. The van der Waals surface area contributed by atoms with E-state index in [0.717, 1.165) is 27.6 Å². The molecule has 0 bridgehead atoms. The summed E-state index contributed by atoms with van der Waals surface area (Å²) in [7, 11) is 1.74. The summed E-state index contributed by atoms with van der Waals surface area (Å²) < 4.78 is 0. The van der Waals surface area contributed by atoms with Crippen LogP contribution in [-0.2, 0) is 29.1 Å². The van der Waals surface area contributed by atoms with E-state index in [2.05, 4.69) is 10.3 Å². The Labute approximate surface area is 245 Å². The molecule has 3 atom stereocenters. The molecule has 4 amide bonds. The molecule has 2 fully saturated rings. The number of amides is 4. The maximum Gasteiger partial charge on any atom is 0.334 e. The number of nitrogens with one attached hydrogen (secondary N) is 1. The van der Waals surface area contributed by atoms with Crippen molar-refractivity contribution in [2.75, 3.05) is 13.6 Å². The lowest BCUT2D eigenvalue weighted by Crippen LogP contribution is -2.78. The lowest BCUT2D eigenvalue weighted by molar-refractivity contribution is -0.196. The van der Waals surface area contributed by atoms with E-state index < -0.39 is 18.2 Å². The third kappa shape index (κ3) is 5.19. The molecule has 0 spiro atoms. The average molecular weight is 563 g/mol. The fourth-order valence-electron chi connectivity index (χ4n) is 6.14. The van der Waals surface area contributed by atoms with Crippen molar-refractivity contribution >= 4 is 28.7 Å². The molecular formula is C33H34N6O3. The van der Waals surface area contributed by atoms with Gasteiger partial charge in [-0.05, 0) is 29.7 Å². The second-order valence-electron chi connectivity index (χ2n) is 10.9. The molecule has 3 aromatic carbocycles. The highest BCUT2D eigenvalue weighted by atomic mass is 16.2. The average Bonchev–Trinajstić information content (AvgIpc) is 3.01. The van der Waals surface area contributed by atoms with Crippen LogP contribution in [0.5, 0.6) is 0 Å². The van der Waals surface area contributed by atoms with E-state index in [4.69, 9.17) is 0 Å². The van der Waals surface area contributed by atoms with Crippen molar-refractivity contribution < 1.29 is 14.4 Å². The molecule has 2 aliphatic heterocycles. The van der Waals surface area contributed by atoms with E-state index in [0.29, 0.717) is 19.5 Å². The Hall–Kier alpha value is -4.76. The Morgan fingerprint density at radius 2 is 1.60 bits per heavy atom. The number of para-hydroxylation sites is 1. The number of hydrogen-bond acceptors (Lipinski definition) is 5. The minimum Gasteiger partial charge on any atom is -0.333 e. The summed E-state index contributed by atoms with van der Waals surface area (Å²) in [6, 6.07) is 27.7. The quantitative estimate of drug-likeness (QED) is 0.386. The van der Waals surface area contributed by atoms with E-state index >= 15 is 0 Å². The van der Waals surface area contributed by atoms with Crippen LogP contribution < -0.4 is 5.32 Å². The topological polar surface area (TPSA) is 89.1 Å². The van der Waals surface area contributed by atoms with Crippen LogP contribution in [0.15, 0.2) is 97.2 Å². The summed E-state index contributed by atoms with van der Waals surface area (Å²) in [6.45, 7) is 2.56. The SMILES string of the molecule is C[C@H]1C2N(C(=O)CN(C)N2C(=O)NCc2ccccc2)[C@@H](Cc2ccccc2)C(=O)N1Cc1cccc2cccnc12. The molecule has 1 unspecified atom stereocenters. The van der Waals surface area contributed by atoms with Crippen LogP contribution in [0.1, 0.15) is 23.6 Å². The third-order valence-corrected chi connectivity index (χ3v) is 8.21. The van der Waals surface area contributed by atoms with Crippen molar-refractivity contribution in [3.8, 4) is 0 Å². The van der Waals surface area contributed by atoms with Crippen LogP contribution in [0.4, 0.5) is 4.79 Å². The van der Waals surface area contributed by atoms with Gasteiger partial charge in [0.15, 0.2) is 0 Å². The molecule has 0 radical (unpaired) electrons. The number of urea groups is 1. The Bertz CT molecular complexity index is 1590. The number of pyridine rings is 1. The van der Waals surface area contributed by atoms with Crippen molar-refractivity contribution in [3.63, 3.8) is 0 Å². The number of aromatic nitrogens is 1. The zero-order chi connectivity index (χ0) is 29.2. The van der Waals surface area contributed by atoms with E-state index in [1.165, 1.54) is 0 Å². The summed E-state index contributed by atoms with van der Waals surface area (Å²) >= 11 is 0. The van der Waals surface area contributed by atoms with Crippen LogP contribution in [0, 0.1) is 0 Å². The number of carbonyl (C=O) groups excluding carboxylic acids is 3. The van der Waals surface area contributed by atoms with Gasteiger partial charge in [0, 0.05) is 38.1 Å². The standard InChI is InChI=1S/C33H34N6O3/c1-23-31-38(29(40)22-36(2)39(31)33(42)35-20-25-13-7-4-8-14-25)28(19-24-11-5-3-6-12-24)32(41)37(23)21-27-16-9-15-26-17-10-18-34-30(26)27/h3-18,23,28,31H,19-22H2,1-2H3,(H,35,42)/t23-,28-,31?/m0/s1. The lowest BCUT2D eigenvalue weighted by atomic mass is 9.94. The molecule has 3 heterocycles. The normalized spacial score (nSPS) is 21.0. The van der Waals surface area contributed by atoms with Gasteiger partial charge in [-0.1, -0.05) is 84.9 Å². The number of benzene rings is 3. The fourth-order valence-corrected chi connectivity index (χ4v) is 6.14. The summed E-state index contributed by atoms with van der Waals surface area (Å²) in [5, 5.41) is 7.28. The van der Waals surface area contributed by atoms with E-state index in [1.807, 2.05) is 103 Å². The first-order valence-electron chi connectivity index (χ1n) is 14.2. The van der Waals surface area contributed by atoms with Crippen LogP contribution in [0.2, 0.25) is 0 Å². The van der Waals surface area contributed by atoms with Crippen molar-refractivity contribution in [2.24, 2.45) is 0 Å². The van der Waals surface area contributed by atoms with Gasteiger partial charge in [-0.3, -0.25) is 14.6 Å². The van der Waals surface area contributed by atoms with Gasteiger partial charge in [-0.25, -0.2) is 14.8 Å². The number of likely N-dealkylation sites (N-methyl/N-ethyl adjacent to an activating group) is 1. The highest BCUT2D eigenvalue weighted by Gasteiger charge is 2.54. The minimum atomic E-state index is -0.762. The molecule has 9 heteroatoms. The third-order valence-electron chi connectivity index (χ3n) is 8.21. The van der Waals surface area contributed by atoms with Crippen LogP contribution in [-0.4, -0.2) is 74.5 Å². The van der Waals surface area contributed by atoms with Gasteiger partial charge in [-0.2, -0.15) is 0 Å². The van der Waals surface area contributed by atoms with E-state index in [1.54, 1.807) is 28.2 Å². The van der Waals surface area contributed by atoms with Gasteiger partial charge in [0.25, 0.3) is 0 Å². The monoisotopic (exact) mass is 562 g/mol. The second-order valence-corrected chi connectivity index (χ2v) is 10.9. The molecular weight excluding hydrogens is 528 g/mol. The summed E-state index contributed by atoms with van der Waals surface area (Å²) in [5.74, 6) is -0.319. The Kier molecular flexibility index (Phi) is 7.58. The number of hydrogen-bond donors (Lipinski definition) is 1. The molecule has 2 aliphatic rings. The largest absolute Gasteiger partial charge is 0.334 e. The number of piperazine rings is 1. The number of rotatable bonds is 6. The van der Waals surface area contributed by atoms with Gasteiger partial charge < -0.3 is 15.1 Å². The molecule has 42 heavy (non-hydrogen) atoms. The molecule has 1 aromatic heterocycles. The van der Waals surface area contributed by atoms with Gasteiger partial charge in [0.1, 0.15) is 12.2 Å². The summed E-state index contributed by atoms with van der Waals surface area (Å²) in [4.78, 5) is 49.8. The molecule has 4 aromatic rings. The van der Waals surface area contributed by atoms with Crippen LogP contribution in [0.3, 0.4) is 0 Å². The Morgan fingerprint density at radius 3 is 2.33 bits per heavy atom. The second kappa shape index (κ2) is 11.6. The minimum absolute atomic E-state index is 0.00616. The first kappa shape index (κ1) is 27.4. The van der Waals surface area contributed by atoms with E-state index in [-0.39, 0.29) is 24.4 Å². The highest BCUT2D eigenvalue weighted by molar-refractivity contribution is 5.92. The van der Waals surface area contributed by atoms with Gasteiger partial charge in [-0.15, -0.1) is 0 Å². The van der Waals surface area contributed by atoms with Crippen molar-refractivity contribution in [2.45, 2.75) is 44.7 Å². The van der Waals surface area contributed by atoms with Gasteiger partial charge >= 0.3 is 6.03 Å².